The number of amides is 1. The lowest BCUT2D eigenvalue weighted by atomic mass is 10.0. The van der Waals surface area contributed by atoms with E-state index >= 15 is 0 Å². The summed E-state index contributed by atoms with van der Waals surface area (Å²) in [5.74, 6) is -1.05. The molecular formula is C32H33Cl2F2N3O7S2. The summed E-state index contributed by atoms with van der Waals surface area (Å²) in [4.78, 5) is 31.6. The minimum Gasteiger partial charge on any atom is -0.489 e. The first-order valence-corrected chi connectivity index (χ1v) is 18.4. The van der Waals surface area contributed by atoms with Crippen LogP contribution in [-0.4, -0.2) is 79.5 Å². The zero-order valence-corrected chi connectivity index (χ0v) is 29.1. The summed E-state index contributed by atoms with van der Waals surface area (Å²) < 4.78 is 71.3. The molecule has 2 heterocycles. The summed E-state index contributed by atoms with van der Waals surface area (Å²) in [5.41, 5.74) is 1.49. The number of ether oxygens (including phenoxy) is 3. The molecule has 1 amide bonds. The minimum absolute atomic E-state index is 0.0418. The normalized spacial score (nSPS) is 17.3. The Morgan fingerprint density at radius 3 is 2.48 bits per heavy atom. The third-order valence-electron chi connectivity index (χ3n) is 7.66. The molecule has 2 aromatic carbocycles. The number of alkyl halides is 2. The molecule has 10 nitrogen and oxygen atoms in total. The summed E-state index contributed by atoms with van der Waals surface area (Å²) in [6, 6.07) is 10.5. The molecule has 1 saturated carbocycles. The van der Waals surface area contributed by atoms with E-state index in [0.29, 0.717) is 40.5 Å². The van der Waals surface area contributed by atoms with Gasteiger partial charge in [0.05, 0.1) is 22.4 Å². The Bertz CT molecular complexity index is 1740. The van der Waals surface area contributed by atoms with Crippen LogP contribution in [-0.2, 0) is 31.7 Å². The van der Waals surface area contributed by atoms with Crippen LogP contribution in [0.2, 0.25) is 10.0 Å². The third kappa shape index (κ3) is 9.08. The van der Waals surface area contributed by atoms with Gasteiger partial charge in [0.2, 0.25) is 10.0 Å². The van der Waals surface area contributed by atoms with Crippen LogP contribution in [0.1, 0.15) is 46.0 Å². The maximum Gasteiger partial charge on any atom is 0.387 e. The second-order valence-electron chi connectivity index (χ2n) is 11.5. The lowest BCUT2D eigenvalue weighted by Gasteiger charge is -2.26. The lowest BCUT2D eigenvalue weighted by Crippen LogP contribution is -2.41. The highest BCUT2D eigenvalue weighted by atomic mass is 35.5. The fourth-order valence-corrected chi connectivity index (χ4v) is 8.75. The van der Waals surface area contributed by atoms with E-state index < -0.39 is 39.8 Å². The number of esters is 1. The molecule has 5 rings (SSSR count). The van der Waals surface area contributed by atoms with Crippen molar-refractivity contribution < 1.29 is 41.0 Å². The van der Waals surface area contributed by atoms with E-state index in [0.717, 1.165) is 28.9 Å². The van der Waals surface area contributed by atoms with Gasteiger partial charge in [0, 0.05) is 50.8 Å². The van der Waals surface area contributed by atoms with E-state index in [1.54, 1.807) is 32.3 Å². The number of hydrogen-bond acceptors (Lipinski definition) is 9. The number of thioether (sulfide) groups is 1. The fraction of sp³-hybridized carbons (Fsp3) is 0.406. The topological polar surface area (TPSA) is 115 Å². The number of hydrogen-bond donors (Lipinski definition) is 0. The SMILES string of the molecule is CN(C)C(=O)c1cccc(CS(=O)(=O)N2CCSC2C(=O)OC(Cc2c(Cl)cncc2Cl)c2ccc(OC(F)F)c(OCC3CC3)c2)c1. The third-order valence-corrected chi connectivity index (χ3v) is 11.4. The van der Waals surface area contributed by atoms with Gasteiger partial charge in [0.1, 0.15) is 6.10 Å². The first-order valence-electron chi connectivity index (χ1n) is 14.9. The molecule has 0 spiro atoms. The number of benzene rings is 2. The van der Waals surface area contributed by atoms with E-state index in [2.05, 4.69) is 9.72 Å². The molecule has 2 unspecified atom stereocenters. The molecule has 2 aliphatic rings. The quantitative estimate of drug-likeness (QED) is 0.178. The van der Waals surface area contributed by atoms with Crippen LogP contribution < -0.4 is 9.47 Å². The first-order chi connectivity index (χ1) is 22.8. The van der Waals surface area contributed by atoms with Gasteiger partial charge in [-0.05, 0) is 59.7 Å². The molecule has 0 N–H and O–H groups in total. The molecule has 2 fully saturated rings. The van der Waals surface area contributed by atoms with Crippen LogP contribution >= 0.6 is 35.0 Å². The predicted octanol–water partition coefficient (Wildman–Crippen LogP) is 6.21. The van der Waals surface area contributed by atoms with Crippen LogP contribution in [0.3, 0.4) is 0 Å². The predicted molar refractivity (Wildman–Crippen MR) is 178 cm³/mol. The van der Waals surface area contributed by atoms with Crippen molar-refractivity contribution in [3.05, 3.63) is 87.2 Å². The van der Waals surface area contributed by atoms with E-state index in [-0.39, 0.29) is 40.4 Å². The Kier molecular flexibility index (Phi) is 11.7. The number of aromatic nitrogens is 1. The first kappa shape index (κ1) is 36.1. The van der Waals surface area contributed by atoms with Gasteiger partial charge in [0.15, 0.2) is 16.9 Å². The number of pyridine rings is 1. The largest absolute Gasteiger partial charge is 0.489 e. The summed E-state index contributed by atoms with van der Waals surface area (Å²) in [6.07, 6.45) is 3.56. The van der Waals surface area contributed by atoms with Gasteiger partial charge in [-0.3, -0.25) is 9.78 Å². The average molecular weight is 745 g/mol. The Balaban J connectivity index is 1.41. The van der Waals surface area contributed by atoms with Crippen molar-refractivity contribution >= 4 is 56.9 Å². The van der Waals surface area contributed by atoms with Gasteiger partial charge < -0.3 is 19.1 Å². The van der Waals surface area contributed by atoms with Gasteiger partial charge in [-0.25, -0.2) is 13.2 Å². The second kappa shape index (κ2) is 15.6. The van der Waals surface area contributed by atoms with Crippen molar-refractivity contribution in [1.29, 1.82) is 0 Å². The highest BCUT2D eigenvalue weighted by Crippen LogP contribution is 2.39. The maximum atomic E-state index is 13.8. The van der Waals surface area contributed by atoms with E-state index in [1.807, 2.05) is 0 Å². The van der Waals surface area contributed by atoms with E-state index in [9.17, 15) is 26.8 Å². The highest BCUT2D eigenvalue weighted by molar-refractivity contribution is 8.01. The van der Waals surface area contributed by atoms with Crippen molar-refractivity contribution in [2.75, 3.05) is 33.0 Å². The zero-order valence-electron chi connectivity index (χ0n) is 26.0. The van der Waals surface area contributed by atoms with Crippen LogP contribution in [0.5, 0.6) is 11.5 Å². The van der Waals surface area contributed by atoms with Crippen LogP contribution in [0.15, 0.2) is 54.9 Å². The Morgan fingerprint density at radius 1 is 1.08 bits per heavy atom. The molecule has 258 valence electrons. The van der Waals surface area contributed by atoms with Crippen molar-refractivity contribution in [2.45, 2.75) is 43.1 Å². The van der Waals surface area contributed by atoms with Crippen LogP contribution in [0.4, 0.5) is 8.78 Å². The van der Waals surface area contributed by atoms with Gasteiger partial charge in [-0.1, -0.05) is 41.4 Å². The zero-order chi connectivity index (χ0) is 34.6. The summed E-state index contributed by atoms with van der Waals surface area (Å²) >= 11 is 13.9. The van der Waals surface area contributed by atoms with Crippen molar-refractivity contribution in [3.8, 4) is 11.5 Å². The number of nitrogens with zero attached hydrogens (tertiary/aromatic N) is 3. The molecule has 1 aliphatic heterocycles. The van der Waals surface area contributed by atoms with Crippen molar-refractivity contribution in [2.24, 2.45) is 5.92 Å². The van der Waals surface area contributed by atoms with E-state index in [1.165, 1.54) is 41.6 Å². The van der Waals surface area contributed by atoms with Gasteiger partial charge in [-0.15, -0.1) is 11.8 Å². The van der Waals surface area contributed by atoms with Crippen molar-refractivity contribution in [3.63, 3.8) is 0 Å². The molecule has 1 aliphatic carbocycles. The van der Waals surface area contributed by atoms with Crippen LogP contribution in [0.25, 0.3) is 0 Å². The number of carbonyl (C=O) groups excluding carboxylic acids is 2. The highest BCUT2D eigenvalue weighted by Gasteiger charge is 2.41. The standard InChI is InChI=1S/C32H33Cl2F2N3O7S2/c1-38(2)29(40)22-5-3-4-20(12-22)18-48(42,43)39-10-11-47-30(39)31(41)45-27(14-23-24(33)15-37-16-25(23)34)21-8-9-26(46-32(35)36)28(13-21)44-17-19-6-7-19/h3-5,8-9,12-13,15-16,19,27,30,32H,6-7,10-11,14,17-18H2,1-2H3. The number of sulfonamides is 1. The lowest BCUT2D eigenvalue weighted by molar-refractivity contribution is -0.150. The number of rotatable bonds is 14. The molecule has 0 radical (unpaired) electrons. The van der Waals surface area contributed by atoms with Gasteiger partial charge in [0.25, 0.3) is 5.91 Å². The van der Waals surface area contributed by atoms with Gasteiger partial charge >= 0.3 is 12.6 Å². The molecule has 48 heavy (non-hydrogen) atoms. The molecule has 3 aromatic rings. The van der Waals surface area contributed by atoms with Crippen molar-refractivity contribution in [1.82, 2.24) is 14.2 Å². The summed E-state index contributed by atoms with van der Waals surface area (Å²) in [6.45, 7) is -2.73. The minimum atomic E-state index is -4.05. The fourth-order valence-electron chi connectivity index (χ4n) is 5.04. The monoisotopic (exact) mass is 743 g/mol. The smallest absolute Gasteiger partial charge is 0.387 e. The molecular weight excluding hydrogens is 711 g/mol. The number of carbonyl (C=O) groups is 2. The summed E-state index contributed by atoms with van der Waals surface area (Å²) in [7, 11) is -0.851. The summed E-state index contributed by atoms with van der Waals surface area (Å²) in [5, 5.41) is -0.791. The molecule has 1 saturated heterocycles. The molecule has 1 aromatic heterocycles. The molecule has 0 bridgehead atoms. The molecule has 16 heteroatoms. The van der Waals surface area contributed by atoms with Gasteiger partial charge in [-0.2, -0.15) is 13.1 Å². The maximum absolute atomic E-state index is 13.8. The van der Waals surface area contributed by atoms with E-state index in [4.69, 9.17) is 32.7 Å². The Labute approximate surface area is 291 Å². The number of halogens is 4. The molecule has 2 atom stereocenters. The Morgan fingerprint density at radius 2 is 1.81 bits per heavy atom. The van der Waals surface area contributed by atoms with Crippen LogP contribution in [0, 0.1) is 5.92 Å². The Hall–Kier alpha value is -3.17. The second-order valence-corrected chi connectivity index (χ2v) is 15.5. The average Bonchev–Trinajstić information content (AvgIpc) is 3.72.